The summed E-state index contributed by atoms with van der Waals surface area (Å²) in [5.41, 5.74) is 0.708. The zero-order valence-corrected chi connectivity index (χ0v) is 10.1. The summed E-state index contributed by atoms with van der Waals surface area (Å²) in [5, 5.41) is 9.02. The fourth-order valence-electron chi connectivity index (χ4n) is 2.09. The van der Waals surface area contributed by atoms with E-state index in [1.807, 2.05) is 0 Å². The first-order valence-corrected chi connectivity index (χ1v) is 5.83. The van der Waals surface area contributed by atoms with Gasteiger partial charge >= 0.3 is 6.09 Å². The molecular weight excluding hydrogens is 277 g/mol. The van der Waals surface area contributed by atoms with Crippen LogP contribution >= 0.6 is 15.9 Å². The van der Waals surface area contributed by atoms with Crippen LogP contribution in [0.25, 0.3) is 0 Å². The van der Waals surface area contributed by atoms with Crippen LogP contribution in [0.4, 0.5) is 9.18 Å². The van der Waals surface area contributed by atoms with Gasteiger partial charge in [-0.1, -0.05) is 15.9 Å². The minimum atomic E-state index is -0.946. The molecule has 0 bridgehead atoms. The minimum absolute atomic E-state index is 0.234. The number of likely N-dealkylation sites (tertiary alicyclic amines) is 1. The van der Waals surface area contributed by atoms with Gasteiger partial charge in [-0.25, -0.2) is 9.18 Å². The first-order chi connectivity index (χ1) is 7.59. The molecule has 1 aliphatic heterocycles. The first-order valence-electron chi connectivity index (χ1n) is 5.04. The molecule has 1 N–H and O–H groups in total. The fourth-order valence-corrected chi connectivity index (χ4v) is 2.60. The molecule has 1 heterocycles. The summed E-state index contributed by atoms with van der Waals surface area (Å²) in [5.74, 6) is -0.338. The number of carboxylic acid groups (broad SMARTS) is 1. The van der Waals surface area contributed by atoms with Crippen molar-refractivity contribution in [1.82, 2.24) is 4.90 Å². The molecule has 1 atom stereocenters. The number of halogens is 2. The van der Waals surface area contributed by atoms with Crippen molar-refractivity contribution in [2.75, 3.05) is 6.54 Å². The fraction of sp³-hybridized carbons (Fsp3) is 0.364. The highest BCUT2D eigenvalue weighted by atomic mass is 79.9. The van der Waals surface area contributed by atoms with Gasteiger partial charge in [0.15, 0.2) is 0 Å². The quantitative estimate of drug-likeness (QED) is 0.860. The van der Waals surface area contributed by atoms with Crippen molar-refractivity contribution < 1.29 is 14.3 Å². The van der Waals surface area contributed by atoms with Crippen molar-refractivity contribution in [2.45, 2.75) is 18.9 Å². The van der Waals surface area contributed by atoms with Gasteiger partial charge in [0.2, 0.25) is 0 Å². The van der Waals surface area contributed by atoms with Gasteiger partial charge in [-0.05, 0) is 36.6 Å². The maximum atomic E-state index is 13.1. The van der Waals surface area contributed by atoms with E-state index in [4.69, 9.17) is 5.11 Å². The Morgan fingerprint density at radius 1 is 1.56 bits per heavy atom. The van der Waals surface area contributed by atoms with Crippen molar-refractivity contribution in [3.63, 3.8) is 0 Å². The number of nitrogens with zero attached hydrogens (tertiary/aromatic N) is 1. The lowest BCUT2D eigenvalue weighted by Crippen LogP contribution is -2.29. The van der Waals surface area contributed by atoms with Crippen LogP contribution in [0.2, 0.25) is 0 Å². The summed E-state index contributed by atoms with van der Waals surface area (Å²) >= 11 is 3.33. The summed E-state index contributed by atoms with van der Waals surface area (Å²) in [4.78, 5) is 12.4. The molecule has 0 saturated carbocycles. The molecule has 1 amide bonds. The van der Waals surface area contributed by atoms with Gasteiger partial charge in [0.1, 0.15) is 5.82 Å². The van der Waals surface area contributed by atoms with E-state index in [0.717, 1.165) is 17.3 Å². The van der Waals surface area contributed by atoms with Crippen molar-refractivity contribution in [3.05, 3.63) is 34.1 Å². The van der Waals surface area contributed by atoms with Gasteiger partial charge in [-0.2, -0.15) is 0 Å². The van der Waals surface area contributed by atoms with Crippen LogP contribution in [0.3, 0.4) is 0 Å². The molecule has 1 aromatic rings. The van der Waals surface area contributed by atoms with Crippen molar-refractivity contribution in [1.29, 1.82) is 0 Å². The maximum absolute atomic E-state index is 13.1. The molecule has 1 aliphatic rings. The average Bonchev–Trinajstić information content (AvgIpc) is 2.70. The van der Waals surface area contributed by atoms with Gasteiger partial charge in [0.05, 0.1) is 6.04 Å². The molecule has 5 heteroatoms. The number of hydrogen-bond acceptors (Lipinski definition) is 1. The zero-order chi connectivity index (χ0) is 11.7. The molecule has 0 radical (unpaired) electrons. The first kappa shape index (κ1) is 11.4. The molecule has 0 aromatic heterocycles. The van der Waals surface area contributed by atoms with E-state index in [1.165, 1.54) is 17.0 Å². The Morgan fingerprint density at radius 2 is 2.31 bits per heavy atom. The van der Waals surface area contributed by atoms with Crippen molar-refractivity contribution in [2.24, 2.45) is 0 Å². The average molecular weight is 288 g/mol. The van der Waals surface area contributed by atoms with Crippen LogP contribution in [0.5, 0.6) is 0 Å². The highest BCUT2D eigenvalue weighted by Crippen LogP contribution is 2.36. The van der Waals surface area contributed by atoms with Crippen LogP contribution in [-0.2, 0) is 0 Å². The molecular formula is C11H11BrFNO2. The number of amides is 1. The standard InChI is InChI=1S/C11H11BrFNO2/c12-9-4-3-7(13)6-8(9)10-2-1-5-14(10)11(15)16/h3-4,6,10H,1-2,5H2,(H,15,16). The van der Waals surface area contributed by atoms with E-state index in [0.29, 0.717) is 12.1 Å². The molecule has 1 aromatic carbocycles. The molecule has 86 valence electrons. The normalized spacial score (nSPS) is 20.1. The maximum Gasteiger partial charge on any atom is 0.407 e. The minimum Gasteiger partial charge on any atom is -0.465 e. The second-order valence-electron chi connectivity index (χ2n) is 3.80. The van der Waals surface area contributed by atoms with Crippen LogP contribution in [0.1, 0.15) is 24.4 Å². The number of rotatable bonds is 1. The number of hydrogen-bond donors (Lipinski definition) is 1. The van der Waals surface area contributed by atoms with E-state index >= 15 is 0 Å². The molecule has 2 rings (SSSR count). The molecule has 1 unspecified atom stereocenters. The summed E-state index contributed by atoms with van der Waals surface area (Å²) in [7, 11) is 0. The molecule has 0 spiro atoms. The van der Waals surface area contributed by atoms with Crippen LogP contribution in [-0.4, -0.2) is 22.6 Å². The van der Waals surface area contributed by atoms with Crippen LogP contribution in [0.15, 0.2) is 22.7 Å². The summed E-state index contributed by atoms with van der Waals surface area (Å²) in [6.07, 6.45) is 0.618. The lowest BCUT2D eigenvalue weighted by atomic mass is 10.0. The second kappa shape index (κ2) is 4.41. The van der Waals surface area contributed by atoms with Crippen molar-refractivity contribution in [3.8, 4) is 0 Å². The molecule has 1 fully saturated rings. The van der Waals surface area contributed by atoms with E-state index in [9.17, 15) is 9.18 Å². The summed E-state index contributed by atoms with van der Waals surface area (Å²) < 4.78 is 13.9. The summed E-state index contributed by atoms with van der Waals surface area (Å²) in [6, 6.07) is 4.13. The van der Waals surface area contributed by atoms with Gasteiger partial charge in [-0.3, -0.25) is 0 Å². The monoisotopic (exact) mass is 287 g/mol. The topological polar surface area (TPSA) is 40.5 Å². The van der Waals surface area contributed by atoms with Gasteiger partial charge in [0.25, 0.3) is 0 Å². The zero-order valence-electron chi connectivity index (χ0n) is 8.49. The van der Waals surface area contributed by atoms with Gasteiger partial charge in [0, 0.05) is 11.0 Å². The van der Waals surface area contributed by atoms with E-state index in [2.05, 4.69) is 15.9 Å². The molecule has 1 saturated heterocycles. The highest BCUT2D eigenvalue weighted by Gasteiger charge is 2.31. The third kappa shape index (κ3) is 2.04. The number of carbonyl (C=O) groups is 1. The molecule has 0 aliphatic carbocycles. The van der Waals surface area contributed by atoms with Crippen LogP contribution in [0, 0.1) is 5.82 Å². The van der Waals surface area contributed by atoms with Crippen molar-refractivity contribution >= 4 is 22.0 Å². The number of benzene rings is 1. The third-order valence-corrected chi connectivity index (χ3v) is 3.54. The van der Waals surface area contributed by atoms with Gasteiger partial charge < -0.3 is 10.0 Å². The predicted molar refractivity (Wildman–Crippen MR) is 60.8 cm³/mol. The Bertz CT molecular complexity index is 424. The third-order valence-electron chi connectivity index (χ3n) is 2.82. The van der Waals surface area contributed by atoms with Crippen LogP contribution < -0.4 is 0 Å². The Labute approximate surface area is 101 Å². The summed E-state index contributed by atoms with van der Waals surface area (Å²) in [6.45, 7) is 0.517. The Kier molecular flexibility index (Phi) is 3.14. The SMILES string of the molecule is O=C(O)N1CCCC1c1cc(F)ccc1Br. The Hall–Kier alpha value is -1.10. The van der Waals surface area contributed by atoms with E-state index in [-0.39, 0.29) is 11.9 Å². The smallest absolute Gasteiger partial charge is 0.407 e. The van der Waals surface area contributed by atoms with Gasteiger partial charge in [-0.15, -0.1) is 0 Å². The highest BCUT2D eigenvalue weighted by molar-refractivity contribution is 9.10. The Balaban J connectivity index is 2.35. The molecule has 16 heavy (non-hydrogen) atoms. The lowest BCUT2D eigenvalue weighted by Gasteiger charge is -2.22. The van der Waals surface area contributed by atoms with E-state index < -0.39 is 6.09 Å². The predicted octanol–water partition coefficient (Wildman–Crippen LogP) is 3.40. The van der Waals surface area contributed by atoms with E-state index in [1.54, 1.807) is 6.07 Å². The Morgan fingerprint density at radius 3 is 3.00 bits per heavy atom. The lowest BCUT2D eigenvalue weighted by molar-refractivity contribution is 0.140. The largest absolute Gasteiger partial charge is 0.465 e. The second-order valence-corrected chi connectivity index (χ2v) is 4.65. The molecule has 3 nitrogen and oxygen atoms in total.